The first-order valence-corrected chi connectivity index (χ1v) is 18.9. The van der Waals surface area contributed by atoms with E-state index < -0.39 is 23.3 Å². The second-order valence-corrected chi connectivity index (χ2v) is 14.1. The van der Waals surface area contributed by atoms with Gasteiger partial charge in [0, 0.05) is 23.2 Å². The van der Waals surface area contributed by atoms with Crippen LogP contribution in [0, 0.1) is 0 Å². The van der Waals surface area contributed by atoms with Gasteiger partial charge in [0.05, 0.1) is 17.0 Å². The van der Waals surface area contributed by atoms with Crippen LogP contribution in [0.3, 0.4) is 0 Å². The third-order valence-electron chi connectivity index (χ3n) is 8.93. The molecule has 5 aromatic carbocycles. The van der Waals surface area contributed by atoms with Gasteiger partial charge in [0.25, 0.3) is 5.91 Å². The molecule has 0 bridgehead atoms. The molecule has 3 N–H and O–H groups in total. The van der Waals surface area contributed by atoms with E-state index in [1.165, 1.54) is 0 Å². The number of carboxylic acids is 1. The number of rotatable bonds is 15. The molecule has 0 saturated heterocycles. The number of carbonyl (C=O) groups is 2. The molecule has 0 spiro atoms. The van der Waals surface area contributed by atoms with Crippen molar-refractivity contribution < 1.29 is 14.7 Å². The Labute approximate surface area is 301 Å². The Morgan fingerprint density at radius 2 is 1.36 bits per heavy atom. The lowest BCUT2D eigenvalue weighted by Crippen LogP contribution is -2.41. The van der Waals surface area contributed by atoms with Crippen LogP contribution in [0.2, 0.25) is 0 Å². The van der Waals surface area contributed by atoms with E-state index in [1.54, 1.807) is 18.1 Å². The summed E-state index contributed by atoms with van der Waals surface area (Å²) in [6.45, 7) is 0. The number of carboxylic acid groups (broad SMARTS) is 1. The number of nitrogens with one attached hydrogen (secondary N) is 2. The molecular formula is C42H39N3O3S2. The number of imidazole rings is 1. The summed E-state index contributed by atoms with van der Waals surface area (Å²) < 4.78 is 0. The molecule has 2 atom stereocenters. The Morgan fingerprint density at radius 1 is 0.800 bits per heavy atom. The van der Waals surface area contributed by atoms with Gasteiger partial charge < -0.3 is 15.4 Å². The Kier molecular flexibility index (Phi) is 11.5. The Morgan fingerprint density at radius 3 is 1.86 bits per heavy atom. The molecule has 1 heterocycles. The maximum Gasteiger partial charge on any atom is 0.326 e. The zero-order valence-corrected chi connectivity index (χ0v) is 29.4. The quantitative estimate of drug-likeness (QED) is 0.0928. The van der Waals surface area contributed by atoms with Gasteiger partial charge in [0.15, 0.2) is 0 Å². The van der Waals surface area contributed by atoms with Gasteiger partial charge in [-0.05, 0) is 63.9 Å². The van der Waals surface area contributed by atoms with Crippen molar-refractivity contribution in [1.82, 2.24) is 15.3 Å². The summed E-state index contributed by atoms with van der Waals surface area (Å²) >= 11 is 3.37. The number of aromatic nitrogens is 2. The maximum atomic E-state index is 13.7. The van der Waals surface area contributed by atoms with Crippen molar-refractivity contribution >= 4 is 35.4 Å². The zero-order chi connectivity index (χ0) is 34.8. The minimum atomic E-state index is -1.04. The first-order valence-electron chi connectivity index (χ1n) is 16.5. The Bertz CT molecular complexity index is 1880. The summed E-state index contributed by atoms with van der Waals surface area (Å²) in [5.41, 5.74) is 7.02. The average molecular weight is 698 g/mol. The van der Waals surface area contributed by atoms with Crippen molar-refractivity contribution in [2.45, 2.75) is 28.9 Å². The molecule has 0 aliphatic carbocycles. The fourth-order valence-electron chi connectivity index (χ4n) is 6.56. The molecular weight excluding hydrogens is 659 g/mol. The van der Waals surface area contributed by atoms with Crippen molar-refractivity contribution in [1.29, 1.82) is 0 Å². The lowest BCUT2D eigenvalue weighted by molar-refractivity contribution is -0.139. The van der Waals surface area contributed by atoms with E-state index in [9.17, 15) is 14.7 Å². The predicted octanol–water partition coefficient (Wildman–Crippen LogP) is 9.02. The van der Waals surface area contributed by atoms with E-state index in [2.05, 4.69) is 94.1 Å². The molecule has 0 saturated carbocycles. The van der Waals surface area contributed by atoms with Crippen LogP contribution in [0.5, 0.6) is 0 Å². The summed E-state index contributed by atoms with van der Waals surface area (Å²) in [5.74, 6) is -0.175. The molecule has 6 aromatic rings. The van der Waals surface area contributed by atoms with Gasteiger partial charge in [-0.3, -0.25) is 4.79 Å². The van der Waals surface area contributed by atoms with Gasteiger partial charge in [-0.25, -0.2) is 9.78 Å². The topological polar surface area (TPSA) is 95.1 Å². The normalized spacial score (nSPS) is 12.6. The number of aromatic amines is 1. The SMILES string of the molecule is CSCC[C@H](NC(=O)c1ccc(CSC(c2cnc[nH]2)C(c2ccccc2)(c2ccccc2)c2ccccc2)cc1-c1ccccc1)C(=O)O. The molecule has 8 heteroatoms. The lowest BCUT2D eigenvalue weighted by Gasteiger charge is -2.42. The van der Waals surface area contributed by atoms with Crippen LogP contribution in [0.15, 0.2) is 152 Å². The highest BCUT2D eigenvalue weighted by Gasteiger charge is 2.45. The fourth-order valence-corrected chi connectivity index (χ4v) is 8.54. The van der Waals surface area contributed by atoms with Crippen LogP contribution >= 0.6 is 23.5 Å². The molecule has 6 nitrogen and oxygen atoms in total. The zero-order valence-electron chi connectivity index (χ0n) is 27.7. The number of amides is 1. The molecule has 0 fully saturated rings. The number of H-pyrrole nitrogens is 1. The summed E-state index contributed by atoms with van der Waals surface area (Å²) in [5, 5.41) is 12.4. The first-order chi connectivity index (χ1) is 24.5. The number of nitrogens with zero attached hydrogens (tertiary/aromatic N) is 1. The van der Waals surface area contributed by atoms with Gasteiger partial charge in [-0.1, -0.05) is 127 Å². The molecule has 0 radical (unpaired) electrons. The highest BCUT2D eigenvalue weighted by molar-refractivity contribution is 7.99. The van der Waals surface area contributed by atoms with Gasteiger partial charge in [-0.2, -0.15) is 11.8 Å². The van der Waals surface area contributed by atoms with Gasteiger partial charge in [0.1, 0.15) is 6.04 Å². The van der Waals surface area contributed by atoms with Crippen molar-refractivity contribution in [3.8, 4) is 11.1 Å². The van der Waals surface area contributed by atoms with E-state index in [4.69, 9.17) is 0 Å². The average Bonchev–Trinajstić information content (AvgIpc) is 3.71. The van der Waals surface area contributed by atoms with Crippen molar-refractivity contribution in [3.05, 3.63) is 186 Å². The minimum Gasteiger partial charge on any atom is -0.480 e. The van der Waals surface area contributed by atoms with E-state index in [-0.39, 0.29) is 5.25 Å². The van der Waals surface area contributed by atoms with E-state index in [0.717, 1.165) is 39.1 Å². The molecule has 6 rings (SSSR count). The molecule has 50 heavy (non-hydrogen) atoms. The van der Waals surface area contributed by atoms with E-state index in [0.29, 0.717) is 23.5 Å². The number of hydrogen-bond donors (Lipinski definition) is 3. The van der Waals surface area contributed by atoms with E-state index in [1.807, 2.05) is 84.9 Å². The van der Waals surface area contributed by atoms with Crippen LogP contribution in [0.4, 0.5) is 0 Å². The lowest BCUT2D eigenvalue weighted by atomic mass is 9.66. The maximum absolute atomic E-state index is 13.7. The molecule has 1 unspecified atom stereocenters. The van der Waals surface area contributed by atoms with E-state index >= 15 is 0 Å². The summed E-state index contributed by atoms with van der Waals surface area (Å²) in [4.78, 5) is 33.6. The summed E-state index contributed by atoms with van der Waals surface area (Å²) in [7, 11) is 0. The van der Waals surface area contributed by atoms with Crippen LogP contribution in [0.1, 0.15) is 50.0 Å². The van der Waals surface area contributed by atoms with Crippen molar-refractivity contribution in [2.75, 3.05) is 12.0 Å². The number of aliphatic carboxylic acids is 1. The second kappa shape index (κ2) is 16.6. The molecule has 0 aliphatic rings. The van der Waals surface area contributed by atoms with Crippen molar-refractivity contribution in [2.24, 2.45) is 0 Å². The highest BCUT2D eigenvalue weighted by Crippen LogP contribution is 2.54. The summed E-state index contributed by atoms with van der Waals surface area (Å²) in [6.07, 6.45) is 5.92. The monoisotopic (exact) mass is 697 g/mol. The number of hydrogen-bond acceptors (Lipinski definition) is 5. The fraction of sp³-hybridized carbons (Fsp3) is 0.167. The largest absolute Gasteiger partial charge is 0.480 e. The van der Waals surface area contributed by atoms with Crippen molar-refractivity contribution in [3.63, 3.8) is 0 Å². The molecule has 1 aromatic heterocycles. The Hall–Kier alpha value is -5.05. The van der Waals surface area contributed by atoms with Gasteiger partial charge in [-0.15, -0.1) is 11.8 Å². The third-order valence-corrected chi connectivity index (χ3v) is 11.0. The smallest absolute Gasteiger partial charge is 0.326 e. The number of carbonyl (C=O) groups excluding carboxylic acids is 1. The summed E-state index contributed by atoms with van der Waals surface area (Å²) in [6, 6.07) is 46.6. The van der Waals surface area contributed by atoms with Crippen LogP contribution in [-0.2, 0) is 16.0 Å². The minimum absolute atomic E-state index is 0.131. The predicted molar refractivity (Wildman–Crippen MR) is 206 cm³/mol. The number of thioether (sulfide) groups is 2. The Balaban J connectivity index is 1.43. The molecule has 1 amide bonds. The molecule has 252 valence electrons. The molecule has 0 aliphatic heterocycles. The van der Waals surface area contributed by atoms with Crippen LogP contribution < -0.4 is 5.32 Å². The van der Waals surface area contributed by atoms with Crippen LogP contribution in [0.25, 0.3) is 11.1 Å². The van der Waals surface area contributed by atoms with Gasteiger partial charge >= 0.3 is 5.97 Å². The second-order valence-electron chi connectivity index (χ2n) is 12.0. The third kappa shape index (κ3) is 7.57. The standard InChI is InChI=1S/C42H39N3O3S2/c1-49-25-24-37(41(47)48)45-40(46)35-23-22-30(26-36(35)31-14-6-2-7-15-31)28-50-39(38-27-43-29-44-38)42(32-16-8-3-9-17-32,33-18-10-4-11-19-33)34-20-12-5-13-21-34/h2-23,26-27,29,37,39H,24-25,28H2,1H3,(H,43,44)(H,45,46)(H,47,48)/t37-,39?/m0/s1. The first kappa shape index (κ1) is 34.8. The van der Waals surface area contributed by atoms with Crippen LogP contribution in [-0.4, -0.2) is 45.0 Å². The number of benzene rings is 5. The van der Waals surface area contributed by atoms with Gasteiger partial charge in [0.2, 0.25) is 0 Å². The highest BCUT2D eigenvalue weighted by atomic mass is 32.2.